The molecule has 0 saturated carbocycles. The summed E-state index contributed by atoms with van der Waals surface area (Å²) in [6, 6.07) is 3.62. The van der Waals surface area contributed by atoms with Gasteiger partial charge in [0.2, 0.25) is 0 Å². The van der Waals surface area contributed by atoms with E-state index in [1.54, 1.807) is 16.8 Å². The van der Waals surface area contributed by atoms with Crippen LogP contribution < -0.4 is 11.3 Å². The number of ether oxygens (including phenoxy) is 1. The molecule has 17 heavy (non-hydrogen) atoms. The first-order valence-corrected chi connectivity index (χ1v) is 5.91. The number of aromatic nitrogens is 1. The van der Waals surface area contributed by atoms with Gasteiger partial charge in [-0.25, -0.2) is 0 Å². The Labute approximate surface area is 101 Å². The summed E-state index contributed by atoms with van der Waals surface area (Å²) in [6.45, 7) is 3.13. The normalized spacial score (nSPS) is 20.0. The molecule has 0 radical (unpaired) electrons. The molecule has 2 heterocycles. The smallest absolute Gasteiger partial charge is 0.250 e. The largest absolute Gasteiger partial charge is 0.398 e. The van der Waals surface area contributed by atoms with Crippen molar-refractivity contribution in [3.63, 3.8) is 0 Å². The monoisotopic (exact) mass is 237 g/mol. The highest BCUT2D eigenvalue weighted by Crippen LogP contribution is 2.10. The van der Waals surface area contributed by atoms with Crippen molar-refractivity contribution in [2.24, 2.45) is 0 Å². The molecule has 1 aliphatic rings. The Morgan fingerprint density at radius 3 is 3.12 bits per heavy atom. The average molecular weight is 237 g/mol. The lowest BCUT2D eigenvalue weighted by molar-refractivity contribution is 0.157. The predicted octanol–water partition coefficient (Wildman–Crippen LogP) is 0.151. The molecule has 0 aromatic carbocycles. The molecule has 0 bridgehead atoms. The van der Waals surface area contributed by atoms with Crippen LogP contribution in [0.4, 0.5) is 5.69 Å². The number of rotatable bonds is 4. The number of nitrogens with two attached hydrogens (primary N) is 1. The lowest BCUT2D eigenvalue weighted by atomic mass is 10.2. The van der Waals surface area contributed by atoms with E-state index in [2.05, 4.69) is 11.9 Å². The van der Waals surface area contributed by atoms with Gasteiger partial charge in [0.1, 0.15) is 0 Å². The van der Waals surface area contributed by atoms with E-state index in [1.165, 1.54) is 6.07 Å². The van der Waals surface area contributed by atoms with Crippen LogP contribution in [0.2, 0.25) is 0 Å². The summed E-state index contributed by atoms with van der Waals surface area (Å²) in [4.78, 5) is 13.8. The van der Waals surface area contributed by atoms with Gasteiger partial charge in [0.15, 0.2) is 0 Å². The Morgan fingerprint density at radius 2 is 2.41 bits per heavy atom. The fourth-order valence-corrected chi connectivity index (χ4v) is 2.04. The van der Waals surface area contributed by atoms with E-state index in [9.17, 15) is 4.79 Å². The zero-order valence-electron chi connectivity index (χ0n) is 10.1. The fourth-order valence-electron chi connectivity index (χ4n) is 2.04. The maximum absolute atomic E-state index is 11.6. The van der Waals surface area contributed by atoms with Gasteiger partial charge in [0.05, 0.1) is 6.61 Å². The Bertz CT molecular complexity index is 424. The van der Waals surface area contributed by atoms with E-state index < -0.39 is 0 Å². The van der Waals surface area contributed by atoms with Crippen molar-refractivity contribution in [2.75, 3.05) is 32.5 Å². The fraction of sp³-hybridized carbons (Fsp3) is 0.583. The van der Waals surface area contributed by atoms with Gasteiger partial charge in [0.25, 0.3) is 5.56 Å². The standard InChI is InChI=1S/C12H19N3O2/c1-14(11-4-7-17-9-11)5-6-15-8-10(13)2-3-12(15)16/h2-3,8,11H,4-7,9,13H2,1H3. The zero-order valence-corrected chi connectivity index (χ0v) is 10.1. The van der Waals surface area contributed by atoms with E-state index in [4.69, 9.17) is 10.5 Å². The third-order valence-corrected chi connectivity index (χ3v) is 3.23. The second-order valence-corrected chi connectivity index (χ2v) is 4.49. The molecule has 94 valence electrons. The molecule has 2 N–H and O–H groups in total. The lowest BCUT2D eigenvalue weighted by Crippen LogP contribution is -2.36. The zero-order chi connectivity index (χ0) is 12.3. The van der Waals surface area contributed by atoms with E-state index in [-0.39, 0.29) is 5.56 Å². The predicted molar refractivity (Wildman–Crippen MR) is 67.0 cm³/mol. The van der Waals surface area contributed by atoms with Gasteiger partial charge in [-0.2, -0.15) is 0 Å². The maximum atomic E-state index is 11.6. The number of nitrogens with zero attached hydrogens (tertiary/aromatic N) is 2. The molecule has 0 amide bonds. The molecular formula is C12H19N3O2. The molecule has 2 rings (SSSR count). The Hall–Kier alpha value is -1.33. The SMILES string of the molecule is CN(CCn1cc(N)ccc1=O)C1CCOC1. The number of anilines is 1. The molecule has 0 aliphatic carbocycles. The van der Waals surface area contributed by atoms with Gasteiger partial charge >= 0.3 is 0 Å². The molecule has 0 spiro atoms. The van der Waals surface area contributed by atoms with Crippen LogP contribution in [0.3, 0.4) is 0 Å². The quantitative estimate of drug-likeness (QED) is 0.810. The van der Waals surface area contributed by atoms with Crippen LogP contribution in [0, 0.1) is 0 Å². The second-order valence-electron chi connectivity index (χ2n) is 4.49. The van der Waals surface area contributed by atoms with Crippen molar-refractivity contribution < 1.29 is 4.74 Å². The van der Waals surface area contributed by atoms with Gasteiger partial charge in [-0.3, -0.25) is 9.69 Å². The van der Waals surface area contributed by atoms with Gasteiger partial charge in [-0.15, -0.1) is 0 Å². The van der Waals surface area contributed by atoms with Crippen molar-refractivity contribution in [1.82, 2.24) is 9.47 Å². The number of pyridine rings is 1. The number of nitrogen functional groups attached to an aromatic ring is 1. The summed E-state index contributed by atoms with van der Waals surface area (Å²) in [5.74, 6) is 0. The summed E-state index contributed by atoms with van der Waals surface area (Å²) in [5.41, 5.74) is 6.28. The van der Waals surface area contributed by atoms with Crippen molar-refractivity contribution >= 4 is 5.69 Å². The first kappa shape index (κ1) is 12.1. The Kier molecular flexibility index (Phi) is 3.81. The first-order valence-electron chi connectivity index (χ1n) is 5.91. The highest BCUT2D eigenvalue weighted by Gasteiger charge is 2.19. The van der Waals surface area contributed by atoms with E-state index in [0.29, 0.717) is 18.3 Å². The number of hydrogen-bond acceptors (Lipinski definition) is 4. The minimum absolute atomic E-state index is 0.00438. The topological polar surface area (TPSA) is 60.5 Å². The Morgan fingerprint density at radius 1 is 1.59 bits per heavy atom. The molecular weight excluding hydrogens is 218 g/mol. The molecule has 1 fully saturated rings. The van der Waals surface area contributed by atoms with E-state index >= 15 is 0 Å². The summed E-state index contributed by atoms with van der Waals surface area (Å²) in [6.07, 6.45) is 2.77. The molecule has 1 saturated heterocycles. The van der Waals surface area contributed by atoms with Crippen molar-refractivity contribution in [1.29, 1.82) is 0 Å². The van der Waals surface area contributed by atoms with Gasteiger partial charge in [0, 0.05) is 43.7 Å². The molecule has 5 nitrogen and oxygen atoms in total. The van der Waals surface area contributed by atoms with Crippen LogP contribution in [0.25, 0.3) is 0 Å². The van der Waals surface area contributed by atoms with Crippen LogP contribution in [0.5, 0.6) is 0 Å². The summed E-state index contributed by atoms with van der Waals surface area (Å²) >= 11 is 0. The molecule has 1 atom stereocenters. The highest BCUT2D eigenvalue weighted by atomic mass is 16.5. The van der Waals surface area contributed by atoms with Gasteiger partial charge < -0.3 is 15.0 Å². The van der Waals surface area contributed by atoms with Crippen LogP contribution in [0.15, 0.2) is 23.1 Å². The third kappa shape index (κ3) is 3.08. The van der Waals surface area contributed by atoms with Gasteiger partial charge in [-0.05, 0) is 19.5 Å². The summed E-state index contributed by atoms with van der Waals surface area (Å²) < 4.78 is 7.00. The maximum Gasteiger partial charge on any atom is 0.250 e. The minimum Gasteiger partial charge on any atom is -0.398 e. The van der Waals surface area contributed by atoms with E-state index in [1.807, 2.05) is 0 Å². The van der Waals surface area contributed by atoms with Gasteiger partial charge in [-0.1, -0.05) is 0 Å². The number of hydrogen-bond donors (Lipinski definition) is 1. The third-order valence-electron chi connectivity index (χ3n) is 3.23. The molecule has 5 heteroatoms. The van der Waals surface area contributed by atoms with Crippen molar-refractivity contribution in [3.8, 4) is 0 Å². The number of likely N-dealkylation sites (N-methyl/N-ethyl adjacent to an activating group) is 1. The Balaban J connectivity index is 1.92. The molecule has 1 aromatic rings. The first-order chi connectivity index (χ1) is 8.16. The van der Waals surface area contributed by atoms with E-state index in [0.717, 1.165) is 26.2 Å². The molecule has 1 aliphatic heterocycles. The average Bonchev–Trinajstić information content (AvgIpc) is 2.83. The molecule has 1 unspecified atom stereocenters. The summed E-state index contributed by atoms with van der Waals surface area (Å²) in [7, 11) is 2.07. The molecule has 1 aromatic heterocycles. The van der Waals surface area contributed by atoms with Crippen molar-refractivity contribution in [3.05, 3.63) is 28.7 Å². The van der Waals surface area contributed by atoms with Crippen LogP contribution in [-0.2, 0) is 11.3 Å². The lowest BCUT2D eigenvalue weighted by Gasteiger charge is -2.23. The van der Waals surface area contributed by atoms with Crippen molar-refractivity contribution in [2.45, 2.75) is 19.0 Å². The van der Waals surface area contributed by atoms with Crippen LogP contribution in [-0.4, -0.2) is 42.3 Å². The second kappa shape index (κ2) is 5.33. The minimum atomic E-state index is -0.00438. The highest BCUT2D eigenvalue weighted by molar-refractivity contribution is 5.33. The van der Waals surface area contributed by atoms with Crippen LogP contribution in [0.1, 0.15) is 6.42 Å². The summed E-state index contributed by atoms with van der Waals surface area (Å²) in [5, 5.41) is 0. The van der Waals surface area contributed by atoms with Crippen LogP contribution >= 0.6 is 0 Å².